The van der Waals surface area contributed by atoms with Crippen LogP contribution in [0.1, 0.15) is 0 Å². The number of benzene rings is 1. The molecule has 1 aromatic heterocycles. The van der Waals surface area contributed by atoms with Crippen molar-refractivity contribution in [3.8, 4) is 0 Å². The second kappa shape index (κ2) is 5.28. The molecule has 2 aromatic rings. The fourth-order valence-electron chi connectivity index (χ4n) is 1.46. The summed E-state index contributed by atoms with van der Waals surface area (Å²) in [6.45, 7) is 0.288. The summed E-state index contributed by atoms with van der Waals surface area (Å²) in [4.78, 5) is 8.56. The number of aromatic nitrogens is 2. The third kappa shape index (κ3) is 3.14. The number of rotatable bonds is 5. The van der Waals surface area contributed by atoms with Crippen molar-refractivity contribution >= 4 is 26.9 Å². The Kier molecular flexibility index (Phi) is 3.73. The maximum Gasteiger partial charge on any atom is 0.213 e. The van der Waals surface area contributed by atoms with Crippen LogP contribution in [0, 0.1) is 0 Å². The summed E-state index contributed by atoms with van der Waals surface area (Å²) in [6.07, 6.45) is 1.59. The van der Waals surface area contributed by atoms with Gasteiger partial charge in [-0.25, -0.2) is 18.1 Å². The molecule has 0 aliphatic carbocycles. The highest BCUT2D eigenvalue weighted by Gasteiger charge is 2.06. The number of sulfonamides is 1. The van der Waals surface area contributed by atoms with Crippen LogP contribution in [-0.4, -0.2) is 37.7 Å². The maximum absolute atomic E-state index is 11.2. The van der Waals surface area contributed by atoms with E-state index in [9.17, 15) is 8.42 Å². The van der Waals surface area contributed by atoms with Crippen LogP contribution in [0.2, 0.25) is 0 Å². The number of anilines is 1. The molecule has 0 spiro atoms. The van der Waals surface area contributed by atoms with Gasteiger partial charge in [0.2, 0.25) is 10.0 Å². The number of nitrogens with one attached hydrogen (secondary N) is 2. The molecule has 0 radical (unpaired) electrons. The van der Waals surface area contributed by atoms with Crippen LogP contribution < -0.4 is 10.0 Å². The highest BCUT2D eigenvalue weighted by molar-refractivity contribution is 7.89. The first-order valence-corrected chi connectivity index (χ1v) is 7.13. The van der Waals surface area contributed by atoms with Crippen molar-refractivity contribution in [1.82, 2.24) is 14.7 Å². The fourth-order valence-corrected chi connectivity index (χ4v) is 2.03. The van der Waals surface area contributed by atoms with Crippen molar-refractivity contribution in [3.05, 3.63) is 30.5 Å². The van der Waals surface area contributed by atoms with Gasteiger partial charge in [0.25, 0.3) is 0 Å². The van der Waals surface area contributed by atoms with Gasteiger partial charge in [-0.15, -0.1) is 0 Å². The van der Waals surface area contributed by atoms with Crippen LogP contribution in [0.4, 0.5) is 5.82 Å². The van der Waals surface area contributed by atoms with Gasteiger partial charge < -0.3 is 5.32 Å². The van der Waals surface area contributed by atoms with Crippen molar-refractivity contribution in [1.29, 1.82) is 0 Å². The van der Waals surface area contributed by atoms with Crippen LogP contribution in [-0.2, 0) is 10.0 Å². The molecule has 2 rings (SSSR count). The van der Waals surface area contributed by atoms with Gasteiger partial charge in [0.15, 0.2) is 0 Å². The second-order valence-electron chi connectivity index (χ2n) is 3.69. The van der Waals surface area contributed by atoms with Gasteiger partial charge in [0.1, 0.15) is 5.82 Å². The molecule has 0 atom stereocenters. The van der Waals surface area contributed by atoms with E-state index in [4.69, 9.17) is 0 Å². The predicted molar refractivity (Wildman–Crippen MR) is 70.9 cm³/mol. The molecule has 1 heterocycles. The van der Waals surface area contributed by atoms with Gasteiger partial charge in [-0.05, 0) is 19.2 Å². The van der Waals surface area contributed by atoms with Crippen molar-refractivity contribution in [2.24, 2.45) is 0 Å². The van der Waals surface area contributed by atoms with E-state index in [-0.39, 0.29) is 12.3 Å². The minimum absolute atomic E-state index is 0.00198. The summed E-state index contributed by atoms with van der Waals surface area (Å²) in [5.41, 5.74) is 1.59. The van der Waals surface area contributed by atoms with E-state index in [1.54, 1.807) is 6.20 Å². The van der Waals surface area contributed by atoms with Crippen molar-refractivity contribution in [2.75, 3.05) is 24.7 Å². The summed E-state index contributed by atoms with van der Waals surface area (Å²) in [7, 11) is -1.80. The van der Waals surface area contributed by atoms with Crippen molar-refractivity contribution < 1.29 is 8.42 Å². The van der Waals surface area contributed by atoms with E-state index in [2.05, 4.69) is 20.0 Å². The van der Waals surface area contributed by atoms with Gasteiger partial charge in [-0.2, -0.15) is 0 Å². The Morgan fingerprint density at radius 1 is 1.22 bits per heavy atom. The third-order valence-corrected chi connectivity index (χ3v) is 3.80. The Morgan fingerprint density at radius 2 is 1.94 bits per heavy atom. The highest BCUT2D eigenvalue weighted by Crippen LogP contribution is 2.10. The highest BCUT2D eigenvalue weighted by atomic mass is 32.2. The molecule has 96 valence electrons. The van der Waals surface area contributed by atoms with Gasteiger partial charge in [0.05, 0.1) is 23.0 Å². The first kappa shape index (κ1) is 12.7. The van der Waals surface area contributed by atoms with Crippen molar-refractivity contribution in [2.45, 2.75) is 0 Å². The molecule has 6 nitrogen and oxygen atoms in total. The van der Waals surface area contributed by atoms with Gasteiger partial charge >= 0.3 is 0 Å². The zero-order valence-corrected chi connectivity index (χ0v) is 10.7. The van der Waals surface area contributed by atoms with Gasteiger partial charge in [0, 0.05) is 6.54 Å². The zero-order valence-electron chi connectivity index (χ0n) is 9.92. The van der Waals surface area contributed by atoms with E-state index >= 15 is 0 Å². The van der Waals surface area contributed by atoms with Gasteiger partial charge in [-0.1, -0.05) is 12.1 Å². The lowest BCUT2D eigenvalue weighted by Gasteiger charge is -2.06. The number of hydrogen-bond donors (Lipinski definition) is 2. The van der Waals surface area contributed by atoms with Gasteiger partial charge in [-0.3, -0.25) is 4.98 Å². The van der Waals surface area contributed by atoms with E-state index in [1.807, 2.05) is 24.3 Å². The Labute approximate surface area is 106 Å². The van der Waals surface area contributed by atoms with E-state index in [0.29, 0.717) is 5.82 Å². The average Bonchev–Trinajstić information content (AvgIpc) is 2.38. The van der Waals surface area contributed by atoms with Crippen LogP contribution in [0.5, 0.6) is 0 Å². The van der Waals surface area contributed by atoms with Crippen LogP contribution in [0.3, 0.4) is 0 Å². The lowest BCUT2D eigenvalue weighted by Crippen LogP contribution is -2.26. The molecule has 0 saturated heterocycles. The first-order valence-electron chi connectivity index (χ1n) is 5.47. The number of nitrogens with zero attached hydrogens (tertiary/aromatic N) is 2. The Bertz CT molecular complexity index is 642. The first-order chi connectivity index (χ1) is 8.61. The Morgan fingerprint density at radius 3 is 2.67 bits per heavy atom. The number of fused-ring (bicyclic) bond motifs is 1. The molecule has 18 heavy (non-hydrogen) atoms. The summed E-state index contributed by atoms with van der Waals surface area (Å²) in [5.74, 6) is 0.567. The minimum Gasteiger partial charge on any atom is -0.368 e. The topological polar surface area (TPSA) is 84.0 Å². The standard InChI is InChI=1S/C11H14N4O2S/c1-12-18(16,17)7-6-13-11-8-14-9-4-2-3-5-10(9)15-11/h2-5,8,12H,6-7H2,1H3,(H,13,15). The fraction of sp³-hybridized carbons (Fsp3) is 0.273. The molecule has 0 fully saturated rings. The molecule has 0 aliphatic heterocycles. The molecular formula is C11H14N4O2S. The monoisotopic (exact) mass is 266 g/mol. The van der Waals surface area contributed by atoms with E-state index in [0.717, 1.165) is 11.0 Å². The van der Waals surface area contributed by atoms with E-state index < -0.39 is 10.0 Å². The van der Waals surface area contributed by atoms with E-state index in [1.165, 1.54) is 7.05 Å². The van der Waals surface area contributed by atoms with Crippen molar-refractivity contribution in [3.63, 3.8) is 0 Å². The summed E-state index contributed by atoms with van der Waals surface area (Å²) >= 11 is 0. The largest absolute Gasteiger partial charge is 0.368 e. The molecule has 0 saturated carbocycles. The summed E-state index contributed by atoms with van der Waals surface area (Å²) < 4.78 is 24.7. The van der Waals surface area contributed by atoms with Crippen LogP contribution in [0.15, 0.2) is 30.5 Å². The second-order valence-corrected chi connectivity index (χ2v) is 5.74. The maximum atomic E-state index is 11.2. The molecule has 0 amide bonds. The number of hydrogen-bond acceptors (Lipinski definition) is 5. The molecule has 7 heteroatoms. The predicted octanol–water partition coefficient (Wildman–Crippen LogP) is 0.591. The molecule has 2 N–H and O–H groups in total. The van der Waals surface area contributed by atoms with Crippen LogP contribution in [0.25, 0.3) is 11.0 Å². The molecule has 1 aromatic carbocycles. The molecule has 0 bridgehead atoms. The van der Waals surface area contributed by atoms with Crippen LogP contribution >= 0.6 is 0 Å². The summed E-state index contributed by atoms with van der Waals surface area (Å²) in [5, 5.41) is 2.93. The Hall–Kier alpha value is -1.73. The molecule has 0 aliphatic rings. The minimum atomic E-state index is -3.19. The molecular weight excluding hydrogens is 252 g/mol. The average molecular weight is 266 g/mol. The zero-order chi connectivity index (χ0) is 13.0. The normalized spacial score (nSPS) is 11.6. The lowest BCUT2D eigenvalue weighted by molar-refractivity contribution is 0.588. The summed E-state index contributed by atoms with van der Waals surface area (Å²) in [6, 6.07) is 7.51. The lowest BCUT2D eigenvalue weighted by atomic mass is 10.3. The number of para-hydroxylation sites is 2. The quantitative estimate of drug-likeness (QED) is 0.827. The SMILES string of the molecule is CNS(=O)(=O)CCNc1cnc2ccccc2n1. The third-order valence-electron chi connectivity index (χ3n) is 2.44. The smallest absolute Gasteiger partial charge is 0.213 e. The Balaban J connectivity index is 2.04. The molecule has 0 unspecified atom stereocenters.